The Labute approximate surface area is 128 Å². The fraction of sp³-hybridized carbons (Fsp3) is 0.154. The van der Waals surface area contributed by atoms with Crippen molar-refractivity contribution in [3.8, 4) is 0 Å². The van der Waals surface area contributed by atoms with Crippen LogP contribution in [-0.4, -0.2) is 18.2 Å². The molecule has 0 saturated heterocycles. The summed E-state index contributed by atoms with van der Waals surface area (Å²) in [5.41, 5.74) is 0.758. The molecule has 1 heterocycles. The van der Waals surface area contributed by atoms with E-state index in [4.69, 9.17) is 0 Å². The minimum atomic E-state index is 0.0165. The smallest absolute Gasteiger partial charge is 0.252 e. The van der Waals surface area contributed by atoms with Crippen LogP contribution >= 0.6 is 45.7 Å². The van der Waals surface area contributed by atoms with E-state index in [9.17, 15) is 4.79 Å². The lowest BCUT2D eigenvalue weighted by molar-refractivity contribution is 0.0956. The van der Waals surface area contributed by atoms with Gasteiger partial charge in [-0.15, -0.1) is 23.1 Å². The van der Waals surface area contributed by atoms with Crippen molar-refractivity contribution in [2.75, 3.05) is 12.3 Å². The van der Waals surface area contributed by atoms with Crippen LogP contribution in [0, 0.1) is 2.88 Å². The van der Waals surface area contributed by atoms with E-state index in [1.165, 1.54) is 4.90 Å². The number of carbonyl (C=O) groups excluding carboxylic acids is 1. The van der Waals surface area contributed by atoms with Gasteiger partial charge in [0.1, 0.15) is 0 Å². The molecule has 94 valence electrons. The highest BCUT2D eigenvalue weighted by molar-refractivity contribution is 14.1. The second kappa shape index (κ2) is 7.16. The molecule has 0 radical (unpaired) electrons. The summed E-state index contributed by atoms with van der Waals surface area (Å²) in [5.74, 6) is 0.902. The topological polar surface area (TPSA) is 29.1 Å². The van der Waals surface area contributed by atoms with Gasteiger partial charge < -0.3 is 5.32 Å². The molecule has 2 rings (SSSR count). The number of amides is 1. The number of carbonyl (C=O) groups is 1. The van der Waals surface area contributed by atoms with E-state index in [1.807, 2.05) is 29.6 Å². The molecule has 0 fully saturated rings. The quantitative estimate of drug-likeness (QED) is 0.478. The van der Waals surface area contributed by atoms with E-state index in [-0.39, 0.29) is 5.91 Å². The fourth-order valence-electron chi connectivity index (χ4n) is 1.38. The first-order valence-corrected chi connectivity index (χ1v) is 8.40. The maximum absolute atomic E-state index is 11.8. The van der Waals surface area contributed by atoms with Gasteiger partial charge in [0, 0.05) is 22.6 Å². The number of thioether (sulfide) groups is 1. The zero-order chi connectivity index (χ0) is 12.8. The summed E-state index contributed by atoms with van der Waals surface area (Å²) in [6, 6.07) is 12.1. The summed E-state index contributed by atoms with van der Waals surface area (Å²) in [6.45, 7) is 0.685. The summed E-state index contributed by atoms with van der Waals surface area (Å²) >= 11 is 5.56. The third-order valence-corrected chi connectivity index (χ3v) is 5.03. The lowest BCUT2D eigenvalue weighted by atomic mass is 10.3. The second-order valence-corrected chi connectivity index (χ2v) is 7.53. The van der Waals surface area contributed by atoms with Crippen molar-refractivity contribution >= 4 is 51.6 Å². The summed E-state index contributed by atoms with van der Waals surface area (Å²) in [7, 11) is 0. The summed E-state index contributed by atoms with van der Waals surface area (Å²) < 4.78 is 1.14. The molecular weight excluding hydrogens is 377 g/mol. The zero-order valence-corrected chi connectivity index (χ0v) is 13.3. The van der Waals surface area contributed by atoms with Crippen molar-refractivity contribution in [3.05, 3.63) is 50.2 Å². The first kappa shape index (κ1) is 13.9. The van der Waals surface area contributed by atoms with Crippen molar-refractivity contribution in [2.24, 2.45) is 0 Å². The molecule has 2 nitrogen and oxygen atoms in total. The molecule has 0 bridgehead atoms. The Morgan fingerprint density at radius 1 is 1.33 bits per heavy atom. The minimum Gasteiger partial charge on any atom is -0.351 e. The van der Waals surface area contributed by atoms with Crippen LogP contribution in [-0.2, 0) is 0 Å². The Morgan fingerprint density at radius 3 is 2.78 bits per heavy atom. The van der Waals surface area contributed by atoms with E-state index < -0.39 is 0 Å². The van der Waals surface area contributed by atoms with Gasteiger partial charge in [-0.25, -0.2) is 0 Å². The average molecular weight is 389 g/mol. The van der Waals surface area contributed by atoms with E-state index in [2.05, 4.69) is 40.0 Å². The van der Waals surface area contributed by atoms with Gasteiger partial charge in [-0.3, -0.25) is 4.79 Å². The van der Waals surface area contributed by atoms with Crippen LogP contribution in [0.4, 0.5) is 0 Å². The van der Waals surface area contributed by atoms with Gasteiger partial charge in [-0.1, -0.05) is 18.2 Å². The molecule has 0 saturated carbocycles. The maximum Gasteiger partial charge on any atom is 0.252 e. The van der Waals surface area contributed by atoms with Gasteiger partial charge in [-0.2, -0.15) is 0 Å². The zero-order valence-electron chi connectivity index (χ0n) is 9.56. The van der Waals surface area contributed by atoms with Crippen LogP contribution in [0.1, 0.15) is 10.4 Å². The number of halogens is 1. The van der Waals surface area contributed by atoms with Crippen LogP contribution < -0.4 is 5.32 Å². The maximum atomic E-state index is 11.8. The van der Waals surface area contributed by atoms with Crippen molar-refractivity contribution in [1.29, 1.82) is 0 Å². The van der Waals surface area contributed by atoms with Crippen LogP contribution in [0.15, 0.2) is 46.7 Å². The number of nitrogens with one attached hydrogen (secondary N) is 1. The van der Waals surface area contributed by atoms with E-state index in [0.717, 1.165) is 14.2 Å². The molecule has 1 N–H and O–H groups in total. The Bertz CT molecular complexity index is 513. The first-order valence-electron chi connectivity index (χ1n) is 5.46. The van der Waals surface area contributed by atoms with Crippen molar-refractivity contribution in [1.82, 2.24) is 5.32 Å². The predicted molar refractivity (Wildman–Crippen MR) is 86.5 cm³/mol. The van der Waals surface area contributed by atoms with E-state index in [1.54, 1.807) is 23.1 Å². The minimum absolute atomic E-state index is 0.0165. The molecular formula is C13H12INOS2. The molecule has 0 spiro atoms. The summed E-state index contributed by atoms with van der Waals surface area (Å²) in [6.07, 6.45) is 0. The second-order valence-electron chi connectivity index (χ2n) is 3.56. The molecule has 1 aromatic heterocycles. The fourth-order valence-corrected chi connectivity index (χ4v) is 3.50. The SMILES string of the molecule is O=C(NCCSc1ccccc1)c1csc(I)c1. The molecule has 2 aromatic rings. The Hall–Kier alpha value is -0.530. The number of hydrogen-bond donors (Lipinski definition) is 1. The Kier molecular flexibility index (Phi) is 5.52. The van der Waals surface area contributed by atoms with Gasteiger partial charge in [0.2, 0.25) is 0 Å². The van der Waals surface area contributed by atoms with Crippen LogP contribution in [0.2, 0.25) is 0 Å². The molecule has 0 aliphatic rings. The predicted octanol–water partition coefficient (Wildman–Crippen LogP) is 3.87. The summed E-state index contributed by atoms with van der Waals surface area (Å²) in [4.78, 5) is 13.0. The largest absolute Gasteiger partial charge is 0.351 e. The molecule has 0 unspecified atom stereocenters. The summed E-state index contributed by atoms with van der Waals surface area (Å²) in [5, 5.41) is 4.82. The third-order valence-electron chi connectivity index (χ3n) is 2.23. The van der Waals surface area contributed by atoms with E-state index in [0.29, 0.717) is 6.54 Å². The van der Waals surface area contributed by atoms with Gasteiger partial charge in [0.15, 0.2) is 0 Å². The van der Waals surface area contributed by atoms with Crippen LogP contribution in [0.25, 0.3) is 0 Å². The van der Waals surface area contributed by atoms with Crippen molar-refractivity contribution in [3.63, 3.8) is 0 Å². The standard InChI is InChI=1S/C13H12INOS2/c14-12-8-10(9-18-12)13(16)15-6-7-17-11-4-2-1-3-5-11/h1-5,8-9H,6-7H2,(H,15,16). The average Bonchev–Trinajstić information content (AvgIpc) is 2.82. The molecule has 0 aliphatic carbocycles. The monoisotopic (exact) mass is 389 g/mol. The van der Waals surface area contributed by atoms with Crippen molar-refractivity contribution in [2.45, 2.75) is 4.90 Å². The highest BCUT2D eigenvalue weighted by Gasteiger charge is 2.06. The molecule has 1 amide bonds. The Balaban J connectivity index is 1.71. The molecule has 0 aliphatic heterocycles. The number of hydrogen-bond acceptors (Lipinski definition) is 3. The number of benzene rings is 1. The lowest BCUT2D eigenvalue weighted by Gasteiger charge is -2.03. The highest BCUT2D eigenvalue weighted by Crippen LogP contribution is 2.17. The molecule has 0 atom stereocenters. The molecule has 1 aromatic carbocycles. The Morgan fingerprint density at radius 2 is 2.11 bits per heavy atom. The van der Waals surface area contributed by atoms with Gasteiger partial charge in [0.25, 0.3) is 5.91 Å². The van der Waals surface area contributed by atoms with Gasteiger partial charge in [-0.05, 0) is 40.8 Å². The van der Waals surface area contributed by atoms with Gasteiger partial charge >= 0.3 is 0 Å². The number of thiophene rings is 1. The first-order chi connectivity index (χ1) is 8.75. The third kappa shape index (κ3) is 4.29. The number of rotatable bonds is 5. The molecule has 18 heavy (non-hydrogen) atoms. The lowest BCUT2D eigenvalue weighted by Crippen LogP contribution is -2.25. The molecule has 5 heteroatoms. The van der Waals surface area contributed by atoms with Crippen LogP contribution in [0.3, 0.4) is 0 Å². The van der Waals surface area contributed by atoms with E-state index >= 15 is 0 Å². The van der Waals surface area contributed by atoms with Crippen molar-refractivity contribution < 1.29 is 4.79 Å². The van der Waals surface area contributed by atoms with Crippen LogP contribution in [0.5, 0.6) is 0 Å². The normalized spacial score (nSPS) is 10.3. The van der Waals surface area contributed by atoms with Gasteiger partial charge in [0.05, 0.1) is 8.45 Å². The highest BCUT2D eigenvalue weighted by atomic mass is 127.